The smallest absolute Gasteiger partial charge is 0.409 e. The van der Waals surface area contributed by atoms with Crippen molar-refractivity contribution in [3.63, 3.8) is 0 Å². The highest BCUT2D eigenvalue weighted by Crippen LogP contribution is 2.48. The molecule has 0 bridgehead atoms. The molecule has 0 aromatic heterocycles. The summed E-state index contributed by atoms with van der Waals surface area (Å²) in [7, 11) is -3.84. The van der Waals surface area contributed by atoms with Crippen LogP contribution in [0.15, 0.2) is 11.3 Å². The molecule has 0 spiro atoms. The third kappa shape index (κ3) is 3.14. The predicted molar refractivity (Wildman–Crippen MR) is 49.1 cm³/mol. The van der Waals surface area contributed by atoms with Crippen LogP contribution in [0, 0.1) is 0 Å². The average molecular weight is 206 g/mol. The molecule has 1 N–H and O–H groups in total. The van der Waals surface area contributed by atoms with E-state index < -0.39 is 7.82 Å². The van der Waals surface area contributed by atoms with Gasteiger partial charge < -0.3 is 4.52 Å². The second kappa shape index (κ2) is 4.27. The Morgan fingerprint density at radius 1 is 1.54 bits per heavy atom. The Morgan fingerprint density at radius 3 is 2.69 bits per heavy atom. The molecule has 4 nitrogen and oxygen atoms in total. The zero-order valence-electron chi connectivity index (χ0n) is 7.95. The molecular weight excluding hydrogens is 191 g/mol. The quantitative estimate of drug-likeness (QED) is 0.718. The number of hydrogen-bond acceptors (Lipinski definition) is 3. The lowest BCUT2D eigenvalue weighted by Crippen LogP contribution is -1.94. The van der Waals surface area contributed by atoms with Crippen molar-refractivity contribution in [2.45, 2.75) is 33.1 Å². The van der Waals surface area contributed by atoms with Crippen molar-refractivity contribution >= 4 is 7.82 Å². The van der Waals surface area contributed by atoms with E-state index >= 15 is 0 Å². The first-order chi connectivity index (χ1) is 6.05. The van der Waals surface area contributed by atoms with Crippen LogP contribution >= 0.6 is 7.82 Å². The molecule has 5 heteroatoms. The lowest BCUT2D eigenvalue weighted by molar-refractivity contribution is 0.183. The van der Waals surface area contributed by atoms with Gasteiger partial charge in [-0.1, -0.05) is 0 Å². The first kappa shape index (κ1) is 10.8. The Morgan fingerprint density at radius 2 is 2.23 bits per heavy atom. The van der Waals surface area contributed by atoms with Gasteiger partial charge in [-0.2, -0.15) is 0 Å². The third-order valence-electron chi connectivity index (χ3n) is 1.95. The van der Waals surface area contributed by atoms with E-state index in [4.69, 9.17) is 9.42 Å². The van der Waals surface area contributed by atoms with Crippen LogP contribution in [0.4, 0.5) is 0 Å². The average Bonchev–Trinajstić information content (AvgIpc) is 2.35. The molecular formula is C8H15O4P. The molecule has 0 heterocycles. The minimum absolute atomic E-state index is 0.181. The maximum Gasteiger partial charge on any atom is 0.527 e. The highest BCUT2D eigenvalue weighted by molar-refractivity contribution is 7.47. The van der Waals surface area contributed by atoms with Crippen LogP contribution in [0.1, 0.15) is 33.1 Å². The number of phosphoric acid groups is 1. The van der Waals surface area contributed by atoms with E-state index in [2.05, 4.69) is 4.52 Å². The summed E-state index contributed by atoms with van der Waals surface area (Å²) in [4.78, 5) is 9.17. The molecule has 1 atom stereocenters. The Bertz CT molecular complexity index is 259. The first-order valence-corrected chi connectivity index (χ1v) is 5.90. The summed E-state index contributed by atoms with van der Waals surface area (Å²) < 4.78 is 20.7. The Hall–Kier alpha value is -0.310. The van der Waals surface area contributed by atoms with Gasteiger partial charge in [-0.25, -0.2) is 4.57 Å². The van der Waals surface area contributed by atoms with E-state index in [1.165, 1.54) is 0 Å². The highest BCUT2D eigenvalue weighted by atomic mass is 31.2. The number of allylic oxidation sites excluding steroid dienone is 2. The largest absolute Gasteiger partial charge is 0.527 e. The Balaban J connectivity index is 2.57. The molecule has 0 aromatic rings. The fourth-order valence-electron chi connectivity index (χ4n) is 1.32. The predicted octanol–water partition coefficient (Wildman–Crippen LogP) is 2.60. The van der Waals surface area contributed by atoms with Gasteiger partial charge in [-0.15, -0.1) is 0 Å². The SMILES string of the molecule is CCOP(=O)(O)OC1=C(C)CCC1. The molecule has 76 valence electrons. The molecule has 1 rings (SSSR count). The second-order valence-corrected chi connectivity index (χ2v) is 4.41. The summed E-state index contributed by atoms with van der Waals surface area (Å²) >= 11 is 0. The van der Waals surface area contributed by atoms with Crippen molar-refractivity contribution in [2.75, 3.05) is 6.61 Å². The van der Waals surface area contributed by atoms with Gasteiger partial charge in [0.15, 0.2) is 0 Å². The number of phosphoric ester groups is 1. The summed E-state index contributed by atoms with van der Waals surface area (Å²) in [6.45, 7) is 3.75. The van der Waals surface area contributed by atoms with E-state index in [1.54, 1.807) is 6.92 Å². The lowest BCUT2D eigenvalue weighted by Gasteiger charge is -2.13. The molecule has 0 amide bonds. The van der Waals surface area contributed by atoms with Gasteiger partial charge in [0, 0.05) is 6.42 Å². The van der Waals surface area contributed by atoms with Crippen molar-refractivity contribution < 1.29 is 18.5 Å². The molecule has 0 saturated carbocycles. The van der Waals surface area contributed by atoms with Crippen LogP contribution < -0.4 is 0 Å². The third-order valence-corrected chi connectivity index (χ3v) is 2.99. The van der Waals surface area contributed by atoms with Crippen molar-refractivity contribution in [3.8, 4) is 0 Å². The van der Waals surface area contributed by atoms with Crippen LogP contribution in [0.25, 0.3) is 0 Å². The molecule has 1 aliphatic rings. The number of rotatable bonds is 4. The van der Waals surface area contributed by atoms with Crippen molar-refractivity contribution in [1.29, 1.82) is 0 Å². The number of hydrogen-bond donors (Lipinski definition) is 1. The molecule has 0 aromatic carbocycles. The van der Waals surface area contributed by atoms with E-state index in [1.807, 2.05) is 6.92 Å². The summed E-state index contributed by atoms with van der Waals surface area (Å²) in [5, 5.41) is 0. The summed E-state index contributed by atoms with van der Waals surface area (Å²) in [6, 6.07) is 0. The van der Waals surface area contributed by atoms with Crippen LogP contribution in [0.2, 0.25) is 0 Å². The monoisotopic (exact) mass is 206 g/mol. The fourth-order valence-corrected chi connectivity index (χ4v) is 2.22. The van der Waals surface area contributed by atoms with Crippen molar-refractivity contribution in [2.24, 2.45) is 0 Å². The topological polar surface area (TPSA) is 55.8 Å². The zero-order valence-corrected chi connectivity index (χ0v) is 8.84. The van der Waals surface area contributed by atoms with Gasteiger partial charge in [0.1, 0.15) is 5.76 Å². The second-order valence-electron chi connectivity index (χ2n) is 3.03. The molecule has 0 aliphatic heterocycles. The molecule has 1 unspecified atom stereocenters. The Labute approximate surface area is 78.2 Å². The van der Waals surface area contributed by atoms with Crippen LogP contribution in [-0.4, -0.2) is 11.5 Å². The minimum Gasteiger partial charge on any atom is -0.409 e. The summed E-state index contributed by atoms with van der Waals surface area (Å²) in [6.07, 6.45) is 2.68. The minimum atomic E-state index is -3.84. The molecule has 0 fully saturated rings. The lowest BCUT2D eigenvalue weighted by atomic mass is 10.3. The maximum atomic E-state index is 11.2. The Kier molecular flexibility index (Phi) is 3.54. The first-order valence-electron chi connectivity index (χ1n) is 4.40. The molecule has 0 radical (unpaired) electrons. The highest BCUT2D eigenvalue weighted by Gasteiger charge is 2.25. The van der Waals surface area contributed by atoms with Gasteiger partial charge >= 0.3 is 7.82 Å². The van der Waals surface area contributed by atoms with Gasteiger partial charge in [0.25, 0.3) is 0 Å². The summed E-state index contributed by atoms with van der Waals surface area (Å²) in [5.41, 5.74) is 1.05. The van der Waals surface area contributed by atoms with Crippen molar-refractivity contribution in [1.82, 2.24) is 0 Å². The molecule has 1 aliphatic carbocycles. The van der Waals surface area contributed by atoms with Crippen LogP contribution in [0.3, 0.4) is 0 Å². The molecule has 0 saturated heterocycles. The van der Waals surface area contributed by atoms with E-state index in [0.29, 0.717) is 5.76 Å². The zero-order chi connectivity index (χ0) is 9.90. The van der Waals surface area contributed by atoms with Gasteiger partial charge in [0.2, 0.25) is 0 Å². The van der Waals surface area contributed by atoms with Crippen molar-refractivity contribution in [3.05, 3.63) is 11.3 Å². The normalized spacial score (nSPS) is 21.8. The van der Waals surface area contributed by atoms with E-state index in [0.717, 1.165) is 24.8 Å². The van der Waals surface area contributed by atoms with Crippen LogP contribution in [-0.2, 0) is 13.6 Å². The van der Waals surface area contributed by atoms with Gasteiger partial charge in [-0.3, -0.25) is 9.42 Å². The van der Waals surface area contributed by atoms with E-state index in [9.17, 15) is 4.57 Å². The maximum absolute atomic E-state index is 11.2. The summed E-state index contributed by atoms with van der Waals surface area (Å²) in [5.74, 6) is 0.624. The van der Waals surface area contributed by atoms with Gasteiger partial charge in [0.05, 0.1) is 6.61 Å². The van der Waals surface area contributed by atoms with Gasteiger partial charge in [-0.05, 0) is 32.3 Å². The molecule has 13 heavy (non-hydrogen) atoms. The van der Waals surface area contributed by atoms with E-state index in [-0.39, 0.29) is 6.61 Å². The van der Waals surface area contributed by atoms with Crippen LogP contribution in [0.5, 0.6) is 0 Å². The standard InChI is InChI=1S/C8H15O4P/c1-3-11-13(9,10)12-8-6-4-5-7(8)2/h3-6H2,1-2H3,(H,9,10). The fraction of sp³-hybridized carbons (Fsp3) is 0.750.